The van der Waals surface area contributed by atoms with Crippen LogP contribution in [0.15, 0.2) is 18.3 Å². The molecule has 1 heterocycles. The fourth-order valence-electron chi connectivity index (χ4n) is 1.14. The molecular weight excluding hydrogens is 166 g/mol. The maximum atomic E-state index is 9.54. The molecule has 0 aromatic carbocycles. The van der Waals surface area contributed by atoms with Gasteiger partial charge in [-0.1, -0.05) is 6.07 Å². The van der Waals surface area contributed by atoms with Gasteiger partial charge in [-0.2, -0.15) is 0 Å². The van der Waals surface area contributed by atoms with Crippen LogP contribution in [-0.2, 0) is 6.42 Å². The average molecular weight is 181 g/mol. The van der Waals surface area contributed by atoms with Crippen LogP contribution < -0.4 is 4.74 Å². The Morgan fingerprint density at radius 2 is 2.15 bits per heavy atom. The Labute approximate surface area is 78.4 Å². The second kappa shape index (κ2) is 3.75. The number of hydrogen-bond donors (Lipinski definition) is 1. The minimum atomic E-state index is -0.684. The van der Waals surface area contributed by atoms with E-state index in [9.17, 15) is 5.11 Å². The average Bonchev–Trinajstić information content (AvgIpc) is 2.03. The van der Waals surface area contributed by atoms with E-state index < -0.39 is 5.60 Å². The molecule has 0 bridgehead atoms. The highest BCUT2D eigenvalue weighted by Gasteiger charge is 2.13. The Kier molecular flexibility index (Phi) is 2.88. The van der Waals surface area contributed by atoms with Crippen molar-refractivity contribution in [2.45, 2.75) is 25.9 Å². The molecule has 0 unspecified atom stereocenters. The Morgan fingerprint density at radius 1 is 1.46 bits per heavy atom. The van der Waals surface area contributed by atoms with Gasteiger partial charge in [0.1, 0.15) is 0 Å². The first-order chi connectivity index (χ1) is 6.01. The van der Waals surface area contributed by atoms with Crippen LogP contribution in [0.25, 0.3) is 0 Å². The highest BCUT2D eigenvalue weighted by Crippen LogP contribution is 2.13. The summed E-state index contributed by atoms with van der Waals surface area (Å²) in [5, 5.41) is 9.54. The number of nitrogens with zero attached hydrogens (tertiary/aromatic N) is 1. The Morgan fingerprint density at radius 3 is 2.54 bits per heavy atom. The Bertz CT molecular complexity index is 261. The van der Waals surface area contributed by atoms with Gasteiger partial charge in [0.05, 0.1) is 12.7 Å². The number of aromatic nitrogens is 1. The van der Waals surface area contributed by atoms with Crippen LogP contribution in [0, 0.1) is 0 Å². The van der Waals surface area contributed by atoms with E-state index >= 15 is 0 Å². The second-order valence-corrected chi connectivity index (χ2v) is 3.70. The molecule has 0 saturated heterocycles. The van der Waals surface area contributed by atoms with E-state index in [4.69, 9.17) is 4.74 Å². The molecule has 0 aliphatic rings. The topological polar surface area (TPSA) is 42.4 Å². The molecule has 0 amide bonds. The van der Waals surface area contributed by atoms with Crippen LogP contribution in [0.3, 0.4) is 0 Å². The van der Waals surface area contributed by atoms with Crippen molar-refractivity contribution in [3.63, 3.8) is 0 Å². The van der Waals surface area contributed by atoms with Crippen LogP contribution >= 0.6 is 0 Å². The minimum absolute atomic E-state index is 0.597. The van der Waals surface area contributed by atoms with E-state index in [1.54, 1.807) is 33.2 Å². The van der Waals surface area contributed by atoms with Crippen molar-refractivity contribution in [2.75, 3.05) is 7.11 Å². The maximum Gasteiger partial charge on any atom is 0.212 e. The number of ether oxygens (including phenoxy) is 1. The first-order valence-corrected chi connectivity index (χ1v) is 4.22. The molecule has 0 spiro atoms. The molecule has 3 heteroatoms. The quantitative estimate of drug-likeness (QED) is 0.766. The number of methoxy groups -OCH3 is 1. The van der Waals surface area contributed by atoms with E-state index in [1.165, 1.54) is 0 Å². The summed E-state index contributed by atoms with van der Waals surface area (Å²) in [4.78, 5) is 4.05. The molecule has 0 saturated carbocycles. The van der Waals surface area contributed by atoms with Crippen molar-refractivity contribution in [2.24, 2.45) is 0 Å². The predicted octanol–water partition coefficient (Wildman–Crippen LogP) is 1.40. The zero-order chi connectivity index (χ0) is 9.90. The summed E-state index contributed by atoms with van der Waals surface area (Å²) in [5.41, 5.74) is 0.323. The summed E-state index contributed by atoms with van der Waals surface area (Å²) in [6.07, 6.45) is 2.32. The van der Waals surface area contributed by atoms with Crippen LogP contribution in [0.2, 0.25) is 0 Å². The highest BCUT2D eigenvalue weighted by molar-refractivity contribution is 5.18. The van der Waals surface area contributed by atoms with Gasteiger partial charge in [0.15, 0.2) is 0 Å². The lowest BCUT2D eigenvalue weighted by Gasteiger charge is -2.16. The number of hydrogen-bond acceptors (Lipinski definition) is 3. The number of aliphatic hydroxyl groups is 1. The van der Waals surface area contributed by atoms with Crippen LogP contribution in [0.4, 0.5) is 0 Å². The van der Waals surface area contributed by atoms with Crippen molar-refractivity contribution in [1.29, 1.82) is 0 Å². The third-order valence-electron chi connectivity index (χ3n) is 1.64. The zero-order valence-electron chi connectivity index (χ0n) is 8.24. The lowest BCUT2D eigenvalue weighted by Crippen LogP contribution is -2.21. The molecule has 1 N–H and O–H groups in total. The number of rotatable bonds is 3. The largest absolute Gasteiger partial charge is 0.481 e. The summed E-state index contributed by atoms with van der Waals surface area (Å²) in [5.74, 6) is 0.597. The van der Waals surface area contributed by atoms with Gasteiger partial charge >= 0.3 is 0 Å². The fraction of sp³-hybridized carbons (Fsp3) is 0.500. The molecule has 72 valence electrons. The molecule has 0 aliphatic carbocycles. The second-order valence-electron chi connectivity index (χ2n) is 3.70. The first-order valence-electron chi connectivity index (χ1n) is 4.22. The number of pyridine rings is 1. The maximum absolute atomic E-state index is 9.54. The van der Waals surface area contributed by atoms with E-state index in [-0.39, 0.29) is 0 Å². The van der Waals surface area contributed by atoms with Crippen molar-refractivity contribution in [3.05, 3.63) is 23.9 Å². The van der Waals surface area contributed by atoms with Crippen LogP contribution in [0.1, 0.15) is 19.4 Å². The van der Waals surface area contributed by atoms with Crippen molar-refractivity contribution >= 4 is 0 Å². The molecule has 0 atom stereocenters. The van der Waals surface area contributed by atoms with Gasteiger partial charge in [-0.25, -0.2) is 4.98 Å². The standard InChI is InChI=1S/C10H15NO2/c1-10(2,12)6-8-4-5-9(13-3)11-7-8/h4-5,7,12H,6H2,1-3H3. The van der Waals surface area contributed by atoms with Gasteiger partial charge in [0.25, 0.3) is 0 Å². The van der Waals surface area contributed by atoms with Gasteiger partial charge in [0, 0.05) is 18.7 Å². The van der Waals surface area contributed by atoms with Gasteiger partial charge in [-0.3, -0.25) is 0 Å². The lowest BCUT2D eigenvalue weighted by molar-refractivity contribution is 0.0809. The van der Waals surface area contributed by atoms with Crippen molar-refractivity contribution in [3.8, 4) is 5.88 Å². The SMILES string of the molecule is COc1ccc(CC(C)(C)O)cn1. The van der Waals surface area contributed by atoms with Gasteiger partial charge in [0.2, 0.25) is 5.88 Å². The molecule has 1 aromatic heterocycles. The summed E-state index contributed by atoms with van der Waals surface area (Å²) >= 11 is 0. The Hall–Kier alpha value is -1.09. The van der Waals surface area contributed by atoms with Crippen LogP contribution in [-0.4, -0.2) is 22.8 Å². The summed E-state index contributed by atoms with van der Waals surface area (Å²) in [6, 6.07) is 3.70. The highest BCUT2D eigenvalue weighted by atomic mass is 16.5. The van der Waals surface area contributed by atoms with Gasteiger partial charge in [-0.15, -0.1) is 0 Å². The van der Waals surface area contributed by atoms with Crippen LogP contribution in [0.5, 0.6) is 5.88 Å². The minimum Gasteiger partial charge on any atom is -0.481 e. The van der Waals surface area contributed by atoms with Gasteiger partial charge < -0.3 is 9.84 Å². The monoisotopic (exact) mass is 181 g/mol. The normalized spacial score (nSPS) is 11.4. The molecule has 0 radical (unpaired) electrons. The van der Waals surface area contributed by atoms with E-state index in [0.29, 0.717) is 12.3 Å². The van der Waals surface area contributed by atoms with E-state index in [1.807, 2.05) is 6.07 Å². The van der Waals surface area contributed by atoms with E-state index in [2.05, 4.69) is 4.98 Å². The van der Waals surface area contributed by atoms with E-state index in [0.717, 1.165) is 5.56 Å². The predicted molar refractivity (Wildman–Crippen MR) is 50.8 cm³/mol. The zero-order valence-corrected chi connectivity index (χ0v) is 8.24. The molecule has 13 heavy (non-hydrogen) atoms. The molecule has 3 nitrogen and oxygen atoms in total. The summed E-state index contributed by atoms with van der Waals surface area (Å²) in [6.45, 7) is 3.55. The molecule has 0 aliphatic heterocycles. The molecular formula is C10H15NO2. The Balaban J connectivity index is 2.70. The first kappa shape index (κ1) is 9.99. The molecule has 1 rings (SSSR count). The third-order valence-corrected chi connectivity index (χ3v) is 1.64. The summed E-state index contributed by atoms with van der Waals surface area (Å²) < 4.78 is 4.93. The summed E-state index contributed by atoms with van der Waals surface area (Å²) in [7, 11) is 1.58. The fourth-order valence-corrected chi connectivity index (χ4v) is 1.14. The smallest absolute Gasteiger partial charge is 0.212 e. The van der Waals surface area contributed by atoms with Crippen molar-refractivity contribution < 1.29 is 9.84 Å². The third kappa shape index (κ3) is 3.42. The van der Waals surface area contributed by atoms with Gasteiger partial charge in [-0.05, 0) is 19.4 Å². The molecule has 0 fully saturated rings. The molecule has 1 aromatic rings. The lowest BCUT2D eigenvalue weighted by atomic mass is 10.0. The van der Waals surface area contributed by atoms with Crippen molar-refractivity contribution in [1.82, 2.24) is 4.98 Å².